The average molecular weight is 521 g/mol. The van der Waals surface area contributed by atoms with Crippen LogP contribution >= 0.6 is 11.6 Å². The van der Waals surface area contributed by atoms with Crippen LogP contribution in [-0.2, 0) is 29.0 Å². The number of halogens is 1. The number of carbonyl (C=O) groups is 4. The maximum absolute atomic E-state index is 12.4. The fourth-order valence-corrected chi connectivity index (χ4v) is 3.32. The summed E-state index contributed by atoms with van der Waals surface area (Å²) in [7, 11) is -3.37. The van der Waals surface area contributed by atoms with E-state index in [-0.39, 0.29) is 30.3 Å². The van der Waals surface area contributed by atoms with Crippen molar-refractivity contribution in [2.45, 2.75) is 31.3 Å². The van der Waals surface area contributed by atoms with E-state index >= 15 is 0 Å². The number of amides is 3. The SMILES string of the molecule is CC(C)(CO)[C@@H](O)C(=O)NCCC(=O)C(=O)N(CCOc1ccc(S(C)(=O)=O)cc1)C(=O)CCl. The first kappa shape index (κ1) is 29.5. The van der Waals surface area contributed by atoms with Crippen LogP contribution in [0.15, 0.2) is 29.2 Å². The second-order valence-corrected chi connectivity index (χ2v) is 10.4. The molecule has 0 aliphatic carbocycles. The Kier molecular flexibility index (Phi) is 11.1. The Morgan fingerprint density at radius 1 is 1.18 bits per heavy atom. The first-order valence-corrected chi connectivity index (χ1v) is 12.6. The number of nitrogens with one attached hydrogen (secondary N) is 1. The number of ether oxygens (including phenoxy) is 1. The Labute approximate surface area is 202 Å². The van der Waals surface area contributed by atoms with Crippen molar-refractivity contribution in [1.82, 2.24) is 10.2 Å². The van der Waals surface area contributed by atoms with Crippen LogP contribution < -0.4 is 10.1 Å². The molecule has 0 radical (unpaired) electrons. The number of aliphatic hydroxyl groups is 2. The molecule has 1 rings (SSSR count). The molecule has 0 aromatic heterocycles. The summed E-state index contributed by atoms with van der Waals surface area (Å²) in [4.78, 5) is 49.4. The molecular weight excluding hydrogens is 492 g/mol. The van der Waals surface area contributed by atoms with Crippen LogP contribution in [0.4, 0.5) is 0 Å². The summed E-state index contributed by atoms with van der Waals surface area (Å²) < 4.78 is 28.4. The van der Waals surface area contributed by atoms with Gasteiger partial charge in [0.15, 0.2) is 9.84 Å². The monoisotopic (exact) mass is 520 g/mol. The molecule has 190 valence electrons. The number of alkyl halides is 1. The summed E-state index contributed by atoms with van der Waals surface area (Å²) in [6, 6.07) is 5.50. The Morgan fingerprint density at radius 3 is 2.26 bits per heavy atom. The Hall–Kier alpha value is -2.54. The third-order valence-corrected chi connectivity index (χ3v) is 6.14. The molecule has 1 aromatic carbocycles. The smallest absolute Gasteiger partial charge is 0.296 e. The number of sulfone groups is 1. The molecular formula is C21H29ClN2O9S. The van der Waals surface area contributed by atoms with E-state index in [4.69, 9.17) is 16.3 Å². The third-order valence-electron chi connectivity index (χ3n) is 4.78. The van der Waals surface area contributed by atoms with Gasteiger partial charge in [-0.15, -0.1) is 11.6 Å². The number of rotatable bonds is 13. The quantitative estimate of drug-likeness (QED) is 0.230. The predicted molar refractivity (Wildman–Crippen MR) is 122 cm³/mol. The van der Waals surface area contributed by atoms with Gasteiger partial charge in [0.05, 0.1) is 18.0 Å². The van der Waals surface area contributed by atoms with Gasteiger partial charge in [-0.05, 0) is 24.3 Å². The van der Waals surface area contributed by atoms with Crippen molar-refractivity contribution in [3.05, 3.63) is 24.3 Å². The Balaban J connectivity index is 2.65. The molecule has 0 fully saturated rings. The zero-order valence-corrected chi connectivity index (χ0v) is 20.7. The van der Waals surface area contributed by atoms with Crippen LogP contribution in [0.2, 0.25) is 0 Å². The second-order valence-electron chi connectivity index (χ2n) is 8.09. The molecule has 0 saturated heterocycles. The summed E-state index contributed by atoms with van der Waals surface area (Å²) in [5.74, 6) is -4.00. The number of nitrogens with zero attached hydrogens (tertiary/aromatic N) is 1. The Bertz CT molecular complexity index is 994. The van der Waals surface area contributed by atoms with Crippen molar-refractivity contribution in [2.75, 3.05) is 38.4 Å². The van der Waals surface area contributed by atoms with Crippen LogP contribution in [-0.4, -0.2) is 91.6 Å². The van der Waals surface area contributed by atoms with Gasteiger partial charge < -0.3 is 20.3 Å². The maximum Gasteiger partial charge on any atom is 0.296 e. The molecule has 3 N–H and O–H groups in total. The van der Waals surface area contributed by atoms with E-state index < -0.39 is 63.8 Å². The minimum absolute atomic E-state index is 0.0964. The lowest BCUT2D eigenvalue weighted by molar-refractivity contribution is -0.151. The van der Waals surface area contributed by atoms with E-state index in [1.165, 1.54) is 38.1 Å². The molecule has 1 aromatic rings. The first-order chi connectivity index (χ1) is 15.7. The number of Topliss-reactive ketones (excluding diaryl/α,β-unsaturated/α-hetero) is 1. The van der Waals surface area contributed by atoms with Crippen LogP contribution in [0.1, 0.15) is 20.3 Å². The van der Waals surface area contributed by atoms with Gasteiger partial charge in [0, 0.05) is 24.6 Å². The zero-order chi connectivity index (χ0) is 26.1. The van der Waals surface area contributed by atoms with Crippen molar-refractivity contribution >= 4 is 44.9 Å². The molecule has 0 saturated carbocycles. The Morgan fingerprint density at radius 2 is 1.76 bits per heavy atom. The molecule has 13 heteroatoms. The number of benzene rings is 1. The second kappa shape index (κ2) is 12.8. The van der Waals surface area contributed by atoms with E-state index in [1.54, 1.807) is 0 Å². The number of aliphatic hydroxyl groups excluding tert-OH is 2. The van der Waals surface area contributed by atoms with Gasteiger partial charge >= 0.3 is 0 Å². The van der Waals surface area contributed by atoms with E-state index in [2.05, 4.69) is 5.32 Å². The van der Waals surface area contributed by atoms with Crippen LogP contribution in [0.3, 0.4) is 0 Å². The number of hydrogen-bond acceptors (Lipinski definition) is 9. The topological polar surface area (TPSA) is 167 Å². The van der Waals surface area contributed by atoms with Gasteiger partial charge in [-0.25, -0.2) is 8.42 Å². The highest BCUT2D eigenvalue weighted by molar-refractivity contribution is 7.90. The molecule has 0 aliphatic heterocycles. The maximum atomic E-state index is 12.4. The molecule has 0 bridgehead atoms. The van der Waals surface area contributed by atoms with Gasteiger partial charge in [-0.3, -0.25) is 24.1 Å². The number of hydrogen-bond donors (Lipinski definition) is 3. The predicted octanol–water partition coefficient (Wildman–Crippen LogP) is -0.482. The molecule has 0 unspecified atom stereocenters. The molecule has 0 aliphatic rings. The van der Waals surface area contributed by atoms with E-state index in [1.807, 2.05) is 0 Å². The molecule has 3 amide bonds. The van der Waals surface area contributed by atoms with E-state index in [0.29, 0.717) is 4.90 Å². The summed E-state index contributed by atoms with van der Waals surface area (Å²) in [6.45, 7) is 1.76. The molecule has 34 heavy (non-hydrogen) atoms. The zero-order valence-electron chi connectivity index (χ0n) is 19.1. The van der Waals surface area contributed by atoms with Gasteiger partial charge in [0.1, 0.15) is 24.3 Å². The van der Waals surface area contributed by atoms with Crippen LogP contribution in [0.5, 0.6) is 5.75 Å². The van der Waals surface area contributed by atoms with E-state index in [9.17, 15) is 37.8 Å². The van der Waals surface area contributed by atoms with Gasteiger partial charge in [0.2, 0.25) is 17.6 Å². The lowest BCUT2D eigenvalue weighted by Gasteiger charge is -2.27. The van der Waals surface area contributed by atoms with Crippen molar-refractivity contribution in [3.8, 4) is 5.75 Å². The van der Waals surface area contributed by atoms with Crippen molar-refractivity contribution in [3.63, 3.8) is 0 Å². The summed E-state index contributed by atoms with van der Waals surface area (Å²) in [6.07, 6.45) is -0.900. The lowest BCUT2D eigenvalue weighted by atomic mass is 9.87. The normalized spacial score (nSPS) is 12.5. The average Bonchev–Trinajstić information content (AvgIpc) is 2.79. The molecule has 11 nitrogen and oxygen atoms in total. The minimum Gasteiger partial charge on any atom is -0.492 e. The molecule has 1 atom stereocenters. The fourth-order valence-electron chi connectivity index (χ4n) is 2.54. The summed E-state index contributed by atoms with van der Waals surface area (Å²) in [5.41, 5.74) is -1.10. The fraction of sp³-hybridized carbons (Fsp3) is 0.524. The third kappa shape index (κ3) is 8.67. The van der Waals surface area contributed by atoms with Gasteiger partial charge in [-0.1, -0.05) is 13.8 Å². The standard InChI is InChI=1S/C21H29ClN2O9S/c1-21(2,13-25)18(28)19(29)23-9-8-16(26)20(30)24(17(27)12-22)10-11-33-14-4-6-15(7-5-14)34(3,31)32/h4-7,18,25,28H,8-13H2,1-3H3,(H,23,29)/t18-/m0/s1. The largest absolute Gasteiger partial charge is 0.492 e. The highest BCUT2D eigenvalue weighted by Gasteiger charge is 2.33. The van der Waals surface area contributed by atoms with Crippen LogP contribution in [0.25, 0.3) is 0 Å². The molecule has 0 heterocycles. The van der Waals surface area contributed by atoms with Crippen molar-refractivity contribution in [2.24, 2.45) is 5.41 Å². The lowest BCUT2D eigenvalue weighted by Crippen LogP contribution is -2.47. The van der Waals surface area contributed by atoms with Crippen LogP contribution in [0, 0.1) is 5.41 Å². The highest BCUT2D eigenvalue weighted by Crippen LogP contribution is 2.19. The van der Waals surface area contributed by atoms with E-state index in [0.717, 1.165) is 6.26 Å². The van der Waals surface area contributed by atoms with Gasteiger partial charge in [0.25, 0.3) is 5.91 Å². The van der Waals surface area contributed by atoms with Crippen molar-refractivity contribution < 1.29 is 42.5 Å². The summed E-state index contributed by atoms with van der Waals surface area (Å²) >= 11 is 5.53. The number of ketones is 1. The summed E-state index contributed by atoms with van der Waals surface area (Å²) in [5, 5.41) is 21.4. The number of imide groups is 1. The van der Waals surface area contributed by atoms with Gasteiger partial charge in [-0.2, -0.15) is 0 Å². The molecule has 0 spiro atoms. The number of carbonyl (C=O) groups excluding carboxylic acids is 4. The minimum atomic E-state index is -3.37. The highest BCUT2D eigenvalue weighted by atomic mass is 35.5. The first-order valence-electron chi connectivity index (χ1n) is 10.2. The van der Waals surface area contributed by atoms with Crippen molar-refractivity contribution in [1.29, 1.82) is 0 Å².